The lowest BCUT2D eigenvalue weighted by Gasteiger charge is -2.33. The fourth-order valence-corrected chi connectivity index (χ4v) is 9.32. The summed E-state index contributed by atoms with van der Waals surface area (Å²) in [7, 11) is 0.888. The molecule has 0 heterocycles. The lowest BCUT2D eigenvalue weighted by molar-refractivity contribution is -0.00000975. The molecule has 30 heavy (non-hydrogen) atoms. The average molecular weight is 452 g/mol. The van der Waals surface area contributed by atoms with Gasteiger partial charge in [0.2, 0.25) is 0 Å². The molecule has 2 saturated carbocycles. The molecule has 1 aromatic rings. The maximum atomic E-state index is 9.67. The molecule has 0 radical (unpaired) electrons. The Bertz CT molecular complexity index is 566. The van der Waals surface area contributed by atoms with Crippen molar-refractivity contribution in [2.24, 2.45) is 0 Å². The Morgan fingerprint density at radius 1 is 0.733 bits per heavy atom. The van der Waals surface area contributed by atoms with Gasteiger partial charge in [-0.1, -0.05) is 12.8 Å². The first-order valence-electron chi connectivity index (χ1n) is 10.6. The number of halogens is 4. The zero-order valence-corrected chi connectivity index (χ0v) is 19.2. The van der Waals surface area contributed by atoms with Crippen LogP contribution in [0.4, 0.5) is 12.9 Å². The summed E-state index contributed by atoms with van der Waals surface area (Å²) in [4.78, 5) is 0. The highest BCUT2D eigenvalue weighted by Gasteiger charge is 2.43. The monoisotopic (exact) mass is 452 g/mol. The van der Waals surface area contributed by atoms with E-state index in [9.17, 15) is 12.9 Å². The molecule has 0 bridgehead atoms. The minimum atomic E-state index is -3.67. The van der Waals surface area contributed by atoms with Gasteiger partial charge in [0.05, 0.1) is 32.6 Å². The van der Waals surface area contributed by atoms with E-state index in [2.05, 4.69) is 12.1 Å². The second-order valence-electron chi connectivity index (χ2n) is 7.78. The number of hydrogen-bond acceptors (Lipinski definition) is 3. The molecule has 0 spiro atoms. The van der Waals surface area contributed by atoms with E-state index in [0.717, 1.165) is 28.6 Å². The van der Waals surface area contributed by atoms with Crippen LogP contribution in [0.5, 0.6) is 17.2 Å². The molecular formula is C21H34BF4O3P. The van der Waals surface area contributed by atoms with E-state index in [1.54, 1.807) is 21.3 Å². The van der Waals surface area contributed by atoms with Crippen molar-refractivity contribution in [3.63, 3.8) is 0 Å². The molecule has 9 heteroatoms. The van der Waals surface area contributed by atoms with Crippen molar-refractivity contribution in [2.75, 3.05) is 21.3 Å². The van der Waals surface area contributed by atoms with Crippen molar-refractivity contribution in [1.82, 2.24) is 0 Å². The van der Waals surface area contributed by atoms with Crippen LogP contribution >= 0.6 is 7.92 Å². The summed E-state index contributed by atoms with van der Waals surface area (Å²) in [5, 5.41) is 1.40. The first kappa shape index (κ1) is 26.9. The minimum absolute atomic E-state index is 0. The van der Waals surface area contributed by atoms with Crippen molar-refractivity contribution in [3.05, 3.63) is 12.1 Å². The molecular weight excluding hydrogens is 418 g/mol. The molecule has 172 valence electrons. The van der Waals surface area contributed by atoms with Gasteiger partial charge in [-0.3, -0.25) is 12.9 Å². The van der Waals surface area contributed by atoms with Gasteiger partial charge < -0.3 is 18.9 Å². The van der Waals surface area contributed by atoms with E-state index in [4.69, 9.17) is 14.2 Å². The van der Waals surface area contributed by atoms with Crippen LogP contribution in [-0.2, 0) is 0 Å². The normalized spacial score (nSPS) is 17.4. The third-order valence-electron chi connectivity index (χ3n) is 6.09. The average Bonchev–Trinajstić information content (AvgIpc) is 2.75. The van der Waals surface area contributed by atoms with Gasteiger partial charge in [-0.05, 0) is 51.4 Å². The number of methoxy groups -OCH3 is 3. The van der Waals surface area contributed by atoms with E-state index in [0.29, 0.717) is 0 Å². The first-order valence-corrected chi connectivity index (χ1v) is 12.3. The molecule has 2 aliphatic rings. The molecule has 1 aromatic carbocycles. The molecule has 0 amide bonds. The number of ether oxygens (including phenoxy) is 3. The summed E-state index contributed by atoms with van der Waals surface area (Å²) in [5.74, 6) is 2.80. The first-order chi connectivity index (χ1) is 14.0. The minimum Gasteiger partial charge on any atom is -1.00 e. The van der Waals surface area contributed by atoms with Crippen LogP contribution in [0.2, 0.25) is 0 Å². The highest BCUT2D eigenvalue weighted by atomic mass is 31.1. The molecule has 2 fully saturated rings. The Labute approximate surface area is 179 Å². The molecule has 0 aliphatic heterocycles. The summed E-state index contributed by atoms with van der Waals surface area (Å²) in [6.45, 7) is 0. The molecule has 0 atom stereocenters. The Morgan fingerprint density at radius 2 is 1.10 bits per heavy atom. The second kappa shape index (κ2) is 14.0. The molecule has 3 rings (SSSR count). The third kappa shape index (κ3) is 7.51. The zero-order valence-electron chi connectivity index (χ0n) is 18.2. The van der Waals surface area contributed by atoms with Crippen molar-refractivity contribution >= 4 is 20.8 Å². The maximum absolute atomic E-state index is 9.67. The standard InChI is InChI=1S/C21H33O3P.BF3.FH/c1-22-16-14-19(23-2)21(20(15-16)24-3)25(17-10-6-4-7-11-17)18-12-8-5-9-13-18;2-1(3)4;/h14-15,17-18H,4-13H2,1-3H3;;1H. The smallest absolute Gasteiger partial charge is 0.762 e. The van der Waals surface area contributed by atoms with E-state index >= 15 is 0 Å². The summed E-state index contributed by atoms with van der Waals surface area (Å²) >= 11 is 0. The molecule has 2 aliphatic carbocycles. The van der Waals surface area contributed by atoms with Crippen LogP contribution in [0.25, 0.3) is 0 Å². The Balaban J connectivity index is 0.000000827. The molecule has 3 nitrogen and oxygen atoms in total. The van der Waals surface area contributed by atoms with Crippen LogP contribution in [0.15, 0.2) is 12.1 Å². The lowest BCUT2D eigenvalue weighted by Crippen LogP contribution is -3.00. The summed E-state index contributed by atoms with van der Waals surface area (Å²) in [6.07, 6.45) is 14.0. The number of benzene rings is 1. The largest absolute Gasteiger partial charge is 1.00 e. The van der Waals surface area contributed by atoms with Gasteiger partial charge in [0, 0.05) is 20.1 Å². The topological polar surface area (TPSA) is 27.7 Å². The van der Waals surface area contributed by atoms with Gasteiger partial charge in [0.15, 0.2) is 16.8 Å². The van der Waals surface area contributed by atoms with E-state index in [1.165, 1.54) is 69.5 Å². The molecule has 0 unspecified atom stereocenters. The lowest BCUT2D eigenvalue weighted by atomic mass is 9.99. The Kier molecular flexibility index (Phi) is 12.5. The van der Waals surface area contributed by atoms with Gasteiger partial charge in [-0.2, -0.15) is 0 Å². The van der Waals surface area contributed by atoms with Gasteiger partial charge >= 0.3 is 7.54 Å². The van der Waals surface area contributed by atoms with Crippen molar-refractivity contribution in [3.8, 4) is 17.2 Å². The second-order valence-corrected chi connectivity index (χ2v) is 10.8. The number of hydrogen-bond donors (Lipinski definition) is 0. The van der Waals surface area contributed by atoms with Gasteiger partial charge in [0.25, 0.3) is 0 Å². The molecule has 0 saturated heterocycles. The van der Waals surface area contributed by atoms with Crippen LogP contribution in [0.1, 0.15) is 64.2 Å². The summed E-state index contributed by atoms with van der Waals surface area (Å²) in [6, 6.07) is 4.13. The fraction of sp³-hybridized carbons (Fsp3) is 0.714. The van der Waals surface area contributed by atoms with Gasteiger partial charge in [-0.15, -0.1) is 0 Å². The van der Waals surface area contributed by atoms with Crippen LogP contribution in [-0.4, -0.2) is 40.2 Å². The van der Waals surface area contributed by atoms with Crippen molar-refractivity contribution in [2.45, 2.75) is 75.5 Å². The Morgan fingerprint density at radius 3 is 1.40 bits per heavy atom. The predicted octanol–water partition coefficient (Wildman–Crippen LogP) is 3.10. The SMILES string of the molecule is COc1cc(OC)c([PH+](C2CCCCC2)C2CCCCC2)c(OC)c1.FB(F)F.[F-]. The van der Waals surface area contributed by atoms with E-state index < -0.39 is 15.5 Å². The third-order valence-corrected chi connectivity index (χ3v) is 10.1. The van der Waals surface area contributed by atoms with E-state index in [1.807, 2.05) is 0 Å². The highest BCUT2D eigenvalue weighted by Crippen LogP contribution is 2.58. The van der Waals surface area contributed by atoms with E-state index in [-0.39, 0.29) is 4.70 Å². The number of rotatable bonds is 6. The van der Waals surface area contributed by atoms with Crippen LogP contribution in [0.3, 0.4) is 0 Å². The van der Waals surface area contributed by atoms with Crippen molar-refractivity contribution in [1.29, 1.82) is 0 Å². The highest BCUT2D eigenvalue weighted by molar-refractivity contribution is 7.67. The molecule has 0 aromatic heterocycles. The Hall–Kier alpha value is -1.17. The van der Waals surface area contributed by atoms with Crippen molar-refractivity contribution < 1.29 is 31.9 Å². The van der Waals surface area contributed by atoms with Crippen LogP contribution < -0.4 is 24.2 Å². The van der Waals surface area contributed by atoms with Gasteiger partial charge in [0.1, 0.15) is 5.75 Å². The van der Waals surface area contributed by atoms with Gasteiger partial charge in [-0.25, -0.2) is 0 Å². The quantitative estimate of drug-likeness (QED) is 0.377. The summed E-state index contributed by atoms with van der Waals surface area (Å²) in [5.41, 5.74) is 1.72. The maximum Gasteiger partial charge on any atom is 0.762 e. The van der Waals surface area contributed by atoms with Crippen LogP contribution in [0, 0.1) is 0 Å². The molecule has 0 N–H and O–H groups in total. The fourth-order valence-electron chi connectivity index (χ4n) is 4.86. The predicted molar refractivity (Wildman–Crippen MR) is 117 cm³/mol. The zero-order chi connectivity index (χ0) is 21.2. The summed E-state index contributed by atoms with van der Waals surface area (Å²) < 4.78 is 46.2.